The monoisotopic (exact) mass is 514 g/mol. The molecule has 2 atom stereocenters. The van der Waals surface area contributed by atoms with E-state index in [0.29, 0.717) is 5.56 Å². The van der Waals surface area contributed by atoms with Gasteiger partial charge in [0, 0.05) is 37.1 Å². The van der Waals surface area contributed by atoms with E-state index in [1.54, 1.807) is 25.2 Å². The minimum atomic E-state index is -3.88. The first kappa shape index (κ1) is 26.5. The van der Waals surface area contributed by atoms with Crippen molar-refractivity contribution in [2.45, 2.75) is 63.5 Å². The molecule has 0 aliphatic carbocycles. The summed E-state index contributed by atoms with van der Waals surface area (Å²) >= 11 is 0.116. The fraction of sp³-hybridized carbons (Fsp3) is 0.423. The zero-order valence-corrected chi connectivity index (χ0v) is 23.0. The van der Waals surface area contributed by atoms with Crippen LogP contribution >= 0.6 is 11.3 Å². The topological polar surface area (TPSA) is 93.0 Å². The minimum Gasteiger partial charge on any atom is -0.598 e. The second kappa shape index (κ2) is 9.18. The lowest BCUT2D eigenvalue weighted by Crippen LogP contribution is -2.54. The summed E-state index contributed by atoms with van der Waals surface area (Å²) in [6, 6.07) is 13.8. The molecule has 0 amide bonds. The molecule has 5 nitrogen and oxygen atoms in total. The van der Waals surface area contributed by atoms with E-state index in [-0.39, 0.29) is 5.75 Å². The highest BCUT2D eigenvalue weighted by Gasteiger charge is 2.45. The highest BCUT2D eigenvalue weighted by atomic mass is 32.2. The van der Waals surface area contributed by atoms with Crippen molar-refractivity contribution in [3.63, 3.8) is 0 Å². The largest absolute Gasteiger partial charge is 0.598 e. The lowest BCUT2D eigenvalue weighted by molar-refractivity contribution is 0.450. The molecule has 0 bridgehead atoms. The number of nitrogens with zero attached hydrogens (tertiary/aromatic N) is 1. The first-order valence-corrected chi connectivity index (χ1v) is 14.5. The molecule has 2 aromatic carbocycles. The molecule has 0 fully saturated rings. The zero-order chi connectivity index (χ0) is 25.5. The van der Waals surface area contributed by atoms with Crippen LogP contribution in [0.3, 0.4) is 0 Å². The summed E-state index contributed by atoms with van der Waals surface area (Å²) in [4.78, 5) is 0. The number of hydrogen-bond donors (Lipinski definition) is 1. The summed E-state index contributed by atoms with van der Waals surface area (Å²) in [6.07, 6.45) is 0. The number of nitriles is 1. The number of nitrogens with one attached hydrogen (secondary N) is 1. The quantitative estimate of drug-likeness (QED) is 0.351. The van der Waals surface area contributed by atoms with Crippen LogP contribution in [0.1, 0.15) is 59.6 Å². The molecule has 8 heteroatoms. The molecule has 34 heavy (non-hydrogen) atoms. The van der Waals surface area contributed by atoms with Gasteiger partial charge in [-0.15, -0.1) is 22.0 Å². The number of hydrogen-bond acceptors (Lipinski definition) is 6. The van der Waals surface area contributed by atoms with Crippen molar-refractivity contribution in [1.29, 1.82) is 5.26 Å². The molecule has 0 saturated heterocycles. The summed E-state index contributed by atoms with van der Waals surface area (Å²) in [5.41, 5.74) is 0.420. The molecule has 1 heterocycles. The van der Waals surface area contributed by atoms with E-state index in [1.807, 2.05) is 63.2 Å². The Kier molecular flexibility index (Phi) is 7.17. The Bertz CT molecular complexity index is 1450. The van der Waals surface area contributed by atoms with Crippen molar-refractivity contribution < 1.29 is 13.0 Å². The van der Waals surface area contributed by atoms with Gasteiger partial charge >= 0.3 is 0 Å². The fourth-order valence-electron chi connectivity index (χ4n) is 3.50. The van der Waals surface area contributed by atoms with Crippen molar-refractivity contribution in [2.24, 2.45) is 0 Å². The Morgan fingerprint density at radius 3 is 2.18 bits per heavy atom. The third kappa shape index (κ3) is 5.12. The summed E-state index contributed by atoms with van der Waals surface area (Å²) in [7, 11) is -3.88. The van der Waals surface area contributed by atoms with Gasteiger partial charge in [-0.05, 0) is 84.4 Å². The number of rotatable bonds is 6. The average Bonchev–Trinajstić information content (AvgIpc) is 3.10. The smallest absolute Gasteiger partial charge is 0.171 e. The third-order valence-electron chi connectivity index (χ3n) is 5.78. The van der Waals surface area contributed by atoms with Crippen LogP contribution in [-0.2, 0) is 26.7 Å². The molecule has 2 unspecified atom stereocenters. The van der Waals surface area contributed by atoms with Crippen LogP contribution in [0.15, 0.2) is 36.4 Å². The van der Waals surface area contributed by atoms with E-state index < -0.39 is 36.2 Å². The summed E-state index contributed by atoms with van der Waals surface area (Å²) in [6.45, 7) is 11.8. The van der Waals surface area contributed by atoms with Crippen molar-refractivity contribution in [3.05, 3.63) is 47.5 Å². The summed E-state index contributed by atoms with van der Waals surface area (Å²) in [5.74, 6) is 5.64. The van der Waals surface area contributed by atoms with Gasteiger partial charge in [0.05, 0.1) is 17.4 Å². The number of sulfone groups is 1. The van der Waals surface area contributed by atoms with Crippen molar-refractivity contribution in [1.82, 2.24) is 4.72 Å². The van der Waals surface area contributed by atoms with Crippen LogP contribution in [0.25, 0.3) is 20.2 Å². The maximum atomic E-state index is 13.3. The van der Waals surface area contributed by atoms with Crippen LogP contribution in [0, 0.1) is 23.2 Å². The third-order valence-corrected chi connectivity index (χ3v) is 11.3. The molecule has 1 N–H and O–H groups in total. The number of fused-ring (bicyclic) bond motifs is 3. The molecule has 0 aliphatic heterocycles. The highest BCUT2D eigenvalue weighted by molar-refractivity contribution is 7.93. The van der Waals surface area contributed by atoms with E-state index >= 15 is 0 Å². The molecule has 0 aliphatic rings. The normalized spacial score (nSPS) is 15.4. The molecule has 1 aromatic heterocycles. The van der Waals surface area contributed by atoms with Crippen LogP contribution in [0.5, 0.6) is 0 Å². The lowest BCUT2D eigenvalue weighted by Gasteiger charge is -2.36. The van der Waals surface area contributed by atoms with E-state index in [2.05, 4.69) is 16.6 Å². The first-order chi connectivity index (χ1) is 15.6. The molecule has 180 valence electrons. The number of benzene rings is 2. The molecule has 0 radical (unpaired) electrons. The highest BCUT2D eigenvalue weighted by Crippen LogP contribution is 2.38. The molecular formula is C26H30N2O3S3. The van der Waals surface area contributed by atoms with Crippen molar-refractivity contribution in [3.8, 4) is 17.9 Å². The molecular weight excluding hydrogens is 484 g/mol. The predicted molar refractivity (Wildman–Crippen MR) is 144 cm³/mol. The molecule has 0 spiro atoms. The second-order valence-electron chi connectivity index (χ2n) is 10.1. The van der Waals surface area contributed by atoms with Crippen molar-refractivity contribution in [2.75, 3.05) is 5.75 Å². The van der Waals surface area contributed by atoms with E-state index in [0.717, 1.165) is 25.7 Å². The van der Waals surface area contributed by atoms with Gasteiger partial charge < -0.3 is 4.55 Å². The van der Waals surface area contributed by atoms with Gasteiger partial charge in [-0.2, -0.15) is 5.26 Å². The lowest BCUT2D eigenvalue weighted by atomic mass is 9.93. The zero-order valence-electron chi connectivity index (χ0n) is 20.6. The molecule has 0 saturated carbocycles. The van der Waals surface area contributed by atoms with Gasteiger partial charge in [0.15, 0.2) is 14.6 Å². The average molecular weight is 515 g/mol. The SMILES string of the molecule is CC#Cc1ccc2sc3ccc(C(C)(CS(=O)(=O)C(C)(C)C#N)N[S+]([O-])C(C)(C)C)cc3c2c1. The van der Waals surface area contributed by atoms with Crippen LogP contribution in [0.4, 0.5) is 0 Å². The fourth-order valence-corrected chi connectivity index (χ4v) is 7.06. The first-order valence-electron chi connectivity index (χ1n) is 10.9. The Hall–Kier alpha value is -2.07. The molecule has 3 aromatic rings. The number of thiophene rings is 1. The van der Waals surface area contributed by atoms with E-state index in [1.165, 1.54) is 13.8 Å². The van der Waals surface area contributed by atoms with Gasteiger partial charge in [0.1, 0.15) is 4.75 Å². The van der Waals surface area contributed by atoms with Gasteiger partial charge in [-0.25, -0.2) is 8.42 Å². The maximum absolute atomic E-state index is 13.3. The standard InChI is InChI=1S/C26H30N2O3S3/c1-8-9-18-10-12-22-20(14-18)21-15-19(11-13-23(21)32-22)26(7,28-33(29)24(2,3)4)17-34(30,31)25(5,6)16-27/h10-15,28H,17H2,1-7H3. The Morgan fingerprint density at radius 1 is 1.03 bits per heavy atom. The minimum absolute atomic E-state index is 0.373. The van der Waals surface area contributed by atoms with Crippen LogP contribution < -0.4 is 4.72 Å². The Labute approximate surface area is 209 Å². The van der Waals surface area contributed by atoms with E-state index in [9.17, 15) is 18.2 Å². The Morgan fingerprint density at radius 2 is 1.62 bits per heavy atom. The van der Waals surface area contributed by atoms with E-state index in [4.69, 9.17) is 0 Å². The van der Waals surface area contributed by atoms with Gasteiger partial charge in [0.25, 0.3) is 0 Å². The summed E-state index contributed by atoms with van der Waals surface area (Å²) < 4.78 is 42.8. The molecule has 3 rings (SSSR count). The Balaban J connectivity index is 2.22. The summed E-state index contributed by atoms with van der Waals surface area (Å²) in [5, 5.41) is 11.5. The van der Waals surface area contributed by atoms with Gasteiger partial charge in [-0.1, -0.05) is 12.0 Å². The van der Waals surface area contributed by atoms with Crippen molar-refractivity contribution >= 4 is 52.7 Å². The van der Waals surface area contributed by atoms with Gasteiger partial charge in [0.2, 0.25) is 0 Å². The maximum Gasteiger partial charge on any atom is 0.171 e. The second-order valence-corrected chi connectivity index (χ2v) is 15.7. The predicted octanol–water partition coefficient (Wildman–Crippen LogP) is 5.41. The van der Waals surface area contributed by atoms with Gasteiger partial charge in [-0.3, -0.25) is 0 Å². The van der Waals surface area contributed by atoms with Crippen LogP contribution in [-0.4, -0.2) is 28.2 Å². The van der Waals surface area contributed by atoms with Crippen LogP contribution in [0.2, 0.25) is 0 Å².